The summed E-state index contributed by atoms with van der Waals surface area (Å²) < 4.78 is 10.6. The van der Waals surface area contributed by atoms with Gasteiger partial charge in [0, 0.05) is 18.1 Å². The molecule has 0 aliphatic carbocycles. The van der Waals surface area contributed by atoms with Crippen molar-refractivity contribution in [1.82, 2.24) is 5.16 Å². The highest BCUT2D eigenvalue weighted by Gasteiger charge is 2.23. The van der Waals surface area contributed by atoms with Crippen LogP contribution in [0.1, 0.15) is 30.1 Å². The molecule has 1 saturated heterocycles. The molecule has 0 saturated carbocycles. The lowest BCUT2D eigenvalue weighted by molar-refractivity contribution is 0.0719. The van der Waals surface area contributed by atoms with Crippen LogP contribution in [0.4, 0.5) is 5.82 Å². The molecule has 72 valence electrons. The Hall–Kier alpha value is -1.03. The first-order valence-electron chi connectivity index (χ1n) is 4.58. The molecule has 4 nitrogen and oxygen atoms in total. The highest BCUT2D eigenvalue weighted by atomic mass is 16.5. The lowest BCUT2D eigenvalue weighted by Crippen LogP contribution is -2.15. The van der Waals surface area contributed by atoms with Gasteiger partial charge in [-0.3, -0.25) is 0 Å². The number of nitrogen functional groups attached to an aromatic ring is 1. The van der Waals surface area contributed by atoms with Gasteiger partial charge in [0.05, 0.1) is 6.61 Å². The third-order valence-electron chi connectivity index (χ3n) is 2.53. The summed E-state index contributed by atoms with van der Waals surface area (Å²) in [6.45, 7) is 3.53. The summed E-state index contributed by atoms with van der Waals surface area (Å²) in [5.41, 5.74) is 6.57. The SMILES string of the molecule is Cc1c(N)noc1C1CCCOC1. The zero-order valence-electron chi connectivity index (χ0n) is 7.75. The van der Waals surface area contributed by atoms with Crippen LogP contribution in [0.25, 0.3) is 0 Å². The van der Waals surface area contributed by atoms with Crippen molar-refractivity contribution in [3.05, 3.63) is 11.3 Å². The van der Waals surface area contributed by atoms with Crippen LogP contribution in [0, 0.1) is 6.92 Å². The van der Waals surface area contributed by atoms with Gasteiger partial charge < -0.3 is 15.0 Å². The molecule has 13 heavy (non-hydrogen) atoms. The highest BCUT2D eigenvalue weighted by Crippen LogP contribution is 2.29. The predicted molar refractivity (Wildman–Crippen MR) is 48.4 cm³/mol. The van der Waals surface area contributed by atoms with Crippen molar-refractivity contribution >= 4 is 5.82 Å². The maximum atomic E-state index is 5.60. The second-order valence-electron chi connectivity index (χ2n) is 3.47. The summed E-state index contributed by atoms with van der Waals surface area (Å²) in [4.78, 5) is 0. The van der Waals surface area contributed by atoms with Crippen molar-refractivity contribution in [3.8, 4) is 0 Å². The molecule has 1 aliphatic rings. The Kier molecular flexibility index (Phi) is 2.22. The topological polar surface area (TPSA) is 61.3 Å². The van der Waals surface area contributed by atoms with Gasteiger partial charge in [0.15, 0.2) is 5.82 Å². The van der Waals surface area contributed by atoms with Gasteiger partial charge >= 0.3 is 0 Å². The molecule has 1 fully saturated rings. The number of rotatable bonds is 1. The van der Waals surface area contributed by atoms with Crippen molar-refractivity contribution in [3.63, 3.8) is 0 Å². The maximum absolute atomic E-state index is 5.60. The zero-order valence-corrected chi connectivity index (χ0v) is 7.75. The molecule has 1 aromatic rings. The van der Waals surface area contributed by atoms with Crippen molar-refractivity contribution in [2.75, 3.05) is 18.9 Å². The Bertz CT molecular complexity index is 290. The molecule has 4 heteroatoms. The van der Waals surface area contributed by atoms with Crippen molar-refractivity contribution < 1.29 is 9.26 Å². The summed E-state index contributed by atoms with van der Waals surface area (Å²) >= 11 is 0. The Balaban J connectivity index is 2.18. The van der Waals surface area contributed by atoms with Gasteiger partial charge in [-0.25, -0.2) is 0 Å². The summed E-state index contributed by atoms with van der Waals surface area (Å²) in [5.74, 6) is 1.75. The molecule has 1 unspecified atom stereocenters. The molecule has 1 aliphatic heterocycles. The quantitative estimate of drug-likeness (QED) is 0.714. The second kappa shape index (κ2) is 3.38. The van der Waals surface area contributed by atoms with Gasteiger partial charge in [0.1, 0.15) is 5.76 Å². The van der Waals surface area contributed by atoms with Crippen LogP contribution in [0.3, 0.4) is 0 Å². The first-order valence-corrected chi connectivity index (χ1v) is 4.58. The third-order valence-corrected chi connectivity index (χ3v) is 2.53. The first-order chi connectivity index (χ1) is 6.29. The number of anilines is 1. The molecular weight excluding hydrogens is 168 g/mol. The van der Waals surface area contributed by atoms with E-state index in [1.54, 1.807) is 0 Å². The largest absolute Gasteiger partial charge is 0.381 e. The Morgan fingerprint density at radius 2 is 2.38 bits per heavy atom. The normalized spacial score (nSPS) is 23.3. The summed E-state index contributed by atoms with van der Waals surface area (Å²) in [5, 5.41) is 3.74. The predicted octanol–water partition coefficient (Wildman–Crippen LogP) is 1.46. The van der Waals surface area contributed by atoms with Crippen LogP contribution in [0.2, 0.25) is 0 Å². The molecule has 0 aromatic carbocycles. The minimum Gasteiger partial charge on any atom is -0.381 e. The molecule has 2 rings (SSSR count). The lowest BCUT2D eigenvalue weighted by atomic mass is 9.97. The van der Waals surface area contributed by atoms with E-state index in [2.05, 4.69) is 5.16 Å². The number of nitrogens with zero attached hydrogens (tertiary/aromatic N) is 1. The number of aromatic nitrogens is 1. The van der Waals surface area contributed by atoms with E-state index in [1.807, 2.05) is 6.92 Å². The van der Waals surface area contributed by atoms with E-state index in [0.29, 0.717) is 11.7 Å². The van der Waals surface area contributed by atoms with Gasteiger partial charge in [-0.2, -0.15) is 0 Å². The van der Waals surface area contributed by atoms with Gasteiger partial charge in [-0.15, -0.1) is 0 Å². The van der Waals surface area contributed by atoms with E-state index in [0.717, 1.165) is 37.4 Å². The number of nitrogens with two attached hydrogens (primary N) is 1. The van der Waals surface area contributed by atoms with Crippen molar-refractivity contribution in [2.24, 2.45) is 0 Å². The molecule has 2 N–H and O–H groups in total. The molecule has 0 amide bonds. The van der Waals surface area contributed by atoms with E-state index >= 15 is 0 Å². The molecule has 1 atom stereocenters. The molecule has 0 spiro atoms. The minimum absolute atomic E-state index is 0.346. The lowest BCUT2D eigenvalue weighted by Gasteiger charge is -2.19. The van der Waals surface area contributed by atoms with Crippen molar-refractivity contribution in [1.29, 1.82) is 0 Å². The molecule has 1 aromatic heterocycles. The standard InChI is InChI=1S/C9H14N2O2/c1-6-8(13-11-9(6)10)7-3-2-4-12-5-7/h7H,2-5H2,1H3,(H2,10,11). The molecule has 0 bridgehead atoms. The van der Waals surface area contributed by atoms with Crippen LogP contribution >= 0.6 is 0 Å². The average molecular weight is 182 g/mol. The van der Waals surface area contributed by atoms with E-state index in [-0.39, 0.29) is 0 Å². The van der Waals surface area contributed by atoms with E-state index < -0.39 is 0 Å². The summed E-state index contributed by atoms with van der Waals surface area (Å²) in [7, 11) is 0. The summed E-state index contributed by atoms with van der Waals surface area (Å²) in [6, 6.07) is 0. The second-order valence-corrected chi connectivity index (χ2v) is 3.47. The molecule has 2 heterocycles. The van der Waals surface area contributed by atoms with Crippen LogP contribution in [0.5, 0.6) is 0 Å². The Morgan fingerprint density at radius 3 is 2.92 bits per heavy atom. The number of hydrogen-bond donors (Lipinski definition) is 1. The highest BCUT2D eigenvalue weighted by molar-refractivity contribution is 5.40. The van der Waals surface area contributed by atoms with E-state index in [9.17, 15) is 0 Å². The number of hydrogen-bond acceptors (Lipinski definition) is 4. The third kappa shape index (κ3) is 1.54. The molecule has 0 radical (unpaired) electrons. The fraction of sp³-hybridized carbons (Fsp3) is 0.667. The average Bonchev–Trinajstić information content (AvgIpc) is 2.49. The number of ether oxygens (including phenoxy) is 1. The van der Waals surface area contributed by atoms with Gasteiger partial charge in [0.2, 0.25) is 0 Å². The van der Waals surface area contributed by atoms with Crippen LogP contribution < -0.4 is 5.73 Å². The minimum atomic E-state index is 0.346. The Morgan fingerprint density at radius 1 is 1.54 bits per heavy atom. The van der Waals surface area contributed by atoms with Gasteiger partial charge in [-0.1, -0.05) is 5.16 Å². The molecular formula is C9H14N2O2. The monoisotopic (exact) mass is 182 g/mol. The van der Waals surface area contributed by atoms with Crippen LogP contribution in [0.15, 0.2) is 4.52 Å². The van der Waals surface area contributed by atoms with Crippen LogP contribution in [-0.4, -0.2) is 18.4 Å². The van der Waals surface area contributed by atoms with E-state index in [1.165, 1.54) is 0 Å². The van der Waals surface area contributed by atoms with Crippen LogP contribution in [-0.2, 0) is 4.74 Å². The first kappa shape index (κ1) is 8.56. The Labute approximate surface area is 77.0 Å². The van der Waals surface area contributed by atoms with Gasteiger partial charge in [-0.05, 0) is 19.8 Å². The smallest absolute Gasteiger partial charge is 0.170 e. The van der Waals surface area contributed by atoms with Gasteiger partial charge in [0.25, 0.3) is 0 Å². The van der Waals surface area contributed by atoms with E-state index in [4.69, 9.17) is 15.0 Å². The van der Waals surface area contributed by atoms with Crippen molar-refractivity contribution in [2.45, 2.75) is 25.7 Å². The fourth-order valence-corrected chi connectivity index (χ4v) is 1.69. The fourth-order valence-electron chi connectivity index (χ4n) is 1.69. The zero-order chi connectivity index (χ0) is 9.26. The maximum Gasteiger partial charge on any atom is 0.170 e. The summed E-state index contributed by atoms with van der Waals surface area (Å²) in [6.07, 6.45) is 2.19.